The first kappa shape index (κ1) is 21.5. The van der Waals surface area contributed by atoms with Crippen LogP contribution in [0.15, 0.2) is 60.0 Å². The molecular formula is C23H23NO6S. The summed E-state index contributed by atoms with van der Waals surface area (Å²) in [6.07, 6.45) is 0.795. The van der Waals surface area contributed by atoms with Gasteiger partial charge in [0.1, 0.15) is 6.54 Å². The molecule has 3 aromatic rings. The molecule has 0 spiro atoms. The van der Waals surface area contributed by atoms with E-state index in [9.17, 15) is 14.7 Å². The minimum atomic E-state index is -2.28. The van der Waals surface area contributed by atoms with Gasteiger partial charge in [-0.05, 0) is 40.4 Å². The van der Waals surface area contributed by atoms with Crippen LogP contribution in [0, 0.1) is 0 Å². The summed E-state index contributed by atoms with van der Waals surface area (Å²) in [6.45, 7) is 1.72. The molecule has 0 aliphatic carbocycles. The molecule has 1 aromatic heterocycles. The number of esters is 2. The Kier molecular flexibility index (Phi) is 6.62. The van der Waals surface area contributed by atoms with Crippen molar-refractivity contribution in [1.29, 1.82) is 0 Å². The fourth-order valence-corrected chi connectivity index (χ4v) is 4.22. The second kappa shape index (κ2) is 9.57. The zero-order valence-corrected chi connectivity index (χ0v) is 17.7. The molecule has 0 unspecified atom stereocenters. The quantitative estimate of drug-likeness (QED) is 0.294. The van der Waals surface area contributed by atoms with E-state index in [-0.39, 0.29) is 6.54 Å². The van der Waals surface area contributed by atoms with Crippen molar-refractivity contribution in [3.8, 4) is 0 Å². The van der Waals surface area contributed by atoms with Crippen molar-refractivity contribution >= 4 is 33.4 Å². The lowest BCUT2D eigenvalue weighted by Gasteiger charge is -2.28. The van der Waals surface area contributed by atoms with Crippen LogP contribution in [0.5, 0.6) is 0 Å². The number of benzene rings is 2. The number of cyclic esters (lactones) is 2. The smallest absolute Gasteiger partial charge is 0.388 e. The van der Waals surface area contributed by atoms with Crippen LogP contribution in [0.1, 0.15) is 11.1 Å². The molecule has 1 fully saturated rings. The van der Waals surface area contributed by atoms with Gasteiger partial charge in [-0.1, -0.05) is 42.5 Å². The lowest BCUT2D eigenvalue weighted by atomic mass is 10.1. The lowest BCUT2D eigenvalue weighted by molar-refractivity contribution is -0.298. The highest BCUT2D eigenvalue weighted by Gasteiger charge is 2.48. The minimum absolute atomic E-state index is 0.169. The summed E-state index contributed by atoms with van der Waals surface area (Å²) < 4.78 is 16.5. The fraction of sp³-hybridized carbons (Fsp3) is 0.304. The van der Waals surface area contributed by atoms with Crippen LogP contribution >= 0.6 is 11.3 Å². The molecule has 2 heterocycles. The van der Waals surface area contributed by atoms with Crippen molar-refractivity contribution in [1.82, 2.24) is 4.90 Å². The van der Waals surface area contributed by atoms with Gasteiger partial charge in [0, 0.05) is 17.8 Å². The molecule has 162 valence electrons. The molecule has 0 amide bonds. The standard InChI is InChI=1S/C23H23NO6S/c25-21-22(26)30-23(27,29-21)16-24(15-18-4-2-1-3-5-18)10-12-28-11-8-17-6-7-20-19(14-17)9-13-31-20/h1-7,9,13-14,27H,8,10-12,15-16H2. The van der Waals surface area contributed by atoms with Crippen molar-refractivity contribution in [2.24, 2.45) is 0 Å². The Morgan fingerprint density at radius 2 is 1.74 bits per heavy atom. The van der Waals surface area contributed by atoms with E-state index in [4.69, 9.17) is 14.2 Å². The fourth-order valence-electron chi connectivity index (χ4n) is 3.45. The zero-order valence-electron chi connectivity index (χ0n) is 16.9. The van der Waals surface area contributed by atoms with Crippen LogP contribution in [-0.2, 0) is 36.8 Å². The highest BCUT2D eigenvalue weighted by Crippen LogP contribution is 2.22. The molecule has 1 aliphatic rings. The minimum Gasteiger partial charge on any atom is -0.388 e. The Hall–Kier alpha value is -2.78. The molecule has 1 saturated heterocycles. The summed E-state index contributed by atoms with van der Waals surface area (Å²) in [5.74, 6) is -4.67. The number of ether oxygens (including phenoxy) is 3. The number of hydrogen-bond acceptors (Lipinski definition) is 8. The molecule has 0 saturated carbocycles. The molecule has 0 bridgehead atoms. The summed E-state index contributed by atoms with van der Waals surface area (Å²) in [7, 11) is 0. The third-order valence-electron chi connectivity index (χ3n) is 4.95. The first-order valence-electron chi connectivity index (χ1n) is 10.00. The number of nitrogens with zero attached hydrogens (tertiary/aromatic N) is 1. The predicted octanol–water partition coefficient (Wildman–Crippen LogP) is 2.71. The normalized spacial score (nSPS) is 15.4. The summed E-state index contributed by atoms with van der Waals surface area (Å²) >= 11 is 1.72. The Bertz CT molecular complexity index is 1030. The maximum absolute atomic E-state index is 11.3. The molecule has 0 radical (unpaired) electrons. The molecule has 4 rings (SSSR count). The van der Waals surface area contributed by atoms with E-state index in [1.54, 1.807) is 11.3 Å². The number of fused-ring (bicyclic) bond motifs is 1. The number of rotatable bonds is 10. The third kappa shape index (κ3) is 5.68. The van der Waals surface area contributed by atoms with E-state index in [1.807, 2.05) is 35.2 Å². The van der Waals surface area contributed by atoms with Crippen LogP contribution < -0.4 is 0 Å². The summed E-state index contributed by atoms with van der Waals surface area (Å²) in [6, 6.07) is 18.2. The van der Waals surface area contributed by atoms with Gasteiger partial charge < -0.3 is 19.3 Å². The van der Waals surface area contributed by atoms with E-state index in [0.717, 1.165) is 12.0 Å². The average molecular weight is 442 g/mol. The highest BCUT2D eigenvalue weighted by atomic mass is 32.1. The molecular weight excluding hydrogens is 418 g/mol. The highest BCUT2D eigenvalue weighted by molar-refractivity contribution is 7.17. The third-order valence-corrected chi connectivity index (χ3v) is 5.85. The van der Waals surface area contributed by atoms with Gasteiger partial charge in [-0.25, -0.2) is 9.59 Å². The van der Waals surface area contributed by atoms with Crippen LogP contribution in [0.25, 0.3) is 10.1 Å². The number of thiophene rings is 1. The first-order valence-corrected chi connectivity index (χ1v) is 10.9. The topological polar surface area (TPSA) is 85.3 Å². The molecule has 1 N–H and O–H groups in total. The second-order valence-corrected chi connectivity index (χ2v) is 8.29. The van der Waals surface area contributed by atoms with Gasteiger partial charge in [-0.15, -0.1) is 11.3 Å². The molecule has 1 aliphatic heterocycles. The number of carbonyl (C=O) groups is 2. The van der Waals surface area contributed by atoms with Crippen molar-refractivity contribution in [3.05, 3.63) is 71.1 Å². The second-order valence-electron chi connectivity index (χ2n) is 7.34. The van der Waals surface area contributed by atoms with Gasteiger partial charge in [-0.3, -0.25) is 4.90 Å². The first-order chi connectivity index (χ1) is 15.0. The monoisotopic (exact) mass is 441 g/mol. The molecule has 8 heteroatoms. The Labute approximate surface area is 183 Å². The molecule has 7 nitrogen and oxygen atoms in total. The molecule has 31 heavy (non-hydrogen) atoms. The Morgan fingerprint density at radius 3 is 2.52 bits per heavy atom. The predicted molar refractivity (Wildman–Crippen MR) is 115 cm³/mol. The zero-order chi connectivity index (χ0) is 21.7. The summed E-state index contributed by atoms with van der Waals surface area (Å²) in [5.41, 5.74) is 2.22. The summed E-state index contributed by atoms with van der Waals surface area (Å²) in [4.78, 5) is 24.5. The van der Waals surface area contributed by atoms with Crippen molar-refractivity contribution in [2.45, 2.75) is 18.9 Å². The van der Waals surface area contributed by atoms with Gasteiger partial charge >= 0.3 is 17.9 Å². The van der Waals surface area contributed by atoms with Crippen molar-refractivity contribution in [2.75, 3.05) is 26.3 Å². The van der Waals surface area contributed by atoms with Crippen molar-refractivity contribution in [3.63, 3.8) is 0 Å². The largest absolute Gasteiger partial charge is 0.422 e. The SMILES string of the molecule is O=C1OC(O)(CN(CCOCCc2ccc3sccc3c2)Cc2ccccc2)OC1=O. The van der Waals surface area contributed by atoms with Gasteiger partial charge in [0.05, 0.1) is 13.2 Å². The molecule has 0 atom stereocenters. The maximum Gasteiger partial charge on any atom is 0.422 e. The van der Waals surface area contributed by atoms with Crippen LogP contribution in [0.4, 0.5) is 0 Å². The van der Waals surface area contributed by atoms with Gasteiger partial charge in [-0.2, -0.15) is 0 Å². The number of carbonyl (C=O) groups excluding carboxylic acids is 2. The van der Waals surface area contributed by atoms with E-state index in [0.29, 0.717) is 26.3 Å². The maximum atomic E-state index is 11.3. The lowest BCUT2D eigenvalue weighted by Crippen LogP contribution is -2.45. The van der Waals surface area contributed by atoms with Gasteiger partial charge in [0.25, 0.3) is 0 Å². The van der Waals surface area contributed by atoms with Gasteiger partial charge in [0.15, 0.2) is 0 Å². The van der Waals surface area contributed by atoms with Crippen LogP contribution in [-0.4, -0.2) is 54.2 Å². The van der Waals surface area contributed by atoms with E-state index in [1.165, 1.54) is 15.6 Å². The van der Waals surface area contributed by atoms with Gasteiger partial charge in [0.2, 0.25) is 0 Å². The Morgan fingerprint density at radius 1 is 0.968 bits per heavy atom. The number of hydrogen-bond donors (Lipinski definition) is 1. The van der Waals surface area contributed by atoms with E-state index >= 15 is 0 Å². The molecule has 2 aromatic carbocycles. The van der Waals surface area contributed by atoms with E-state index in [2.05, 4.69) is 29.6 Å². The average Bonchev–Trinajstić information content (AvgIpc) is 3.31. The van der Waals surface area contributed by atoms with Crippen LogP contribution in [0.2, 0.25) is 0 Å². The summed E-state index contributed by atoms with van der Waals surface area (Å²) in [5, 5.41) is 13.7. The number of aliphatic hydroxyl groups is 1. The van der Waals surface area contributed by atoms with Crippen LogP contribution in [0.3, 0.4) is 0 Å². The van der Waals surface area contributed by atoms with Crippen molar-refractivity contribution < 1.29 is 28.9 Å². The van der Waals surface area contributed by atoms with E-state index < -0.39 is 17.9 Å². The Balaban J connectivity index is 1.29.